The Bertz CT molecular complexity index is 605. The van der Waals surface area contributed by atoms with Gasteiger partial charge in [0.15, 0.2) is 0 Å². The van der Waals surface area contributed by atoms with E-state index in [1.165, 1.54) is 12.1 Å². The Kier molecular flexibility index (Phi) is 7.17. The van der Waals surface area contributed by atoms with Gasteiger partial charge in [0.05, 0.1) is 12.6 Å². The zero-order chi connectivity index (χ0) is 18.5. The molecule has 0 radical (unpaired) electrons. The topological polar surface area (TPSA) is 84.2 Å². The first-order chi connectivity index (χ1) is 11.0. The molecule has 0 fully saturated rings. The smallest absolute Gasteiger partial charge is 0.239 e. The Hall–Kier alpha value is -1.66. The summed E-state index contributed by atoms with van der Waals surface area (Å²) in [7, 11) is 0. The van der Waals surface area contributed by atoms with E-state index in [-0.39, 0.29) is 24.3 Å². The molecule has 0 spiro atoms. The SMILES string of the molecule is CC(C)[C@H](N)C(=O)NCC(=O)NCC(C)(C)c1ccc(F)cc1Cl. The lowest BCUT2D eigenvalue weighted by atomic mass is 9.84. The third kappa shape index (κ3) is 5.76. The van der Waals surface area contributed by atoms with Crippen LogP contribution in [-0.4, -0.2) is 30.9 Å². The lowest BCUT2D eigenvalue weighted by Gasteiger charge is -2.27. The molecule has 7 heteroatoms. The van der Waals surface area contributed by atoms with Crippen molar-refractivity contribution >= 4 is 23.4 Å². The monoisotopic (exact) mass is 357 g/mol. The van der Waals surface area contributed by atoms with Crippen LogP contribution in [0.15, 0.2) is 18.2 Å². The summed E-state index contributed by atoms with van der Waals surface area (Å²) in [4.78, 5) is 23.6. The minimum absolute atomic E-state index is 0.00684. The second-order valence-electron chi connectivity index (χ2n) is 6.77. The van der Waals surface area contributed by atoms with Crippen molar-refractivity contribution in [1.29, 1.82) is 0 Å². The van der Waals surface area contributed by atoms with E-state index >= 15 is 0 Å². The fourth-order valence-electron chi connectivity index (χ4n) is 2.10. The fraction of sp³-hybridized carbons (Fsp3) is 0.529. The molecule has 0 bridgehead atoms. The number of benzene rings is 1. The minimum Gasteiger partial charge on any atom is -0.354 e. The molecule has 1 atom stereocenters. The van der Waals surface area contributed by atoms with Crippen molar-refractivity contribution in [3.63, 3.8) is 0 Å². The molecule has 1 aromatic rings. The third-order valence-corrected chi connectivity index (χ3v) is 4.14. The van der Waals surface area contributed by atoms with Crippen LogP contribution in [0.4, 0.5) is 4.39 Å². The van der Waals surface area contributed by atoms with E-state index in [9.17, 15) is 14.0 Å². The summed E-state index contributed by atoms with van der Waals surface area (Å²) in [6, 6.07) is 3.53. The summed E-state index contributed by atoms with van der Waals surface area (Å²) in [5.41, 5.74) is 5.95. The third-order valence-electron chi connectivity index (χ3n) is 3.83. The average Bonchev–Trinajstić information content (AvgIpc) is 2.49. The Morgan fingerprint density at radius 1 is 1.29 bits per heavy atom. The van der Waals surface area contributed by atoms with Crippen LogP contribution in [0.25, 0.3) is 0 Å². The molecule has 0 heterocycles. The summed E-state index contributed by atoms with van der Waals surface area (Å²) in [5, 5.41) is 5.56. The van der Waals surface area contributed by atoms with Crippen LogP contribution < -0.4 is 16.4 Å². The van der Waals surface area contributed by atoms with Crippen LogP contribution >= 0.6 is 11.6 Å². The number of hydrogen-bond donors (Lipinski definition) is 3. The van der Waals surface area contributed by atoms with Crippen molar-refractivity contribution < 1.29 is 14.0 Å². The van der Waals surface area contributed by atoms with E-state index in [1.54, 1.807) is 6.07 Å². The molecule has 1 aromatic carbocycles. The van der Waals surface area contributed by atoms with Crippen molar-refractivity contribution in [3.05, 3.63) is 34.6 Å². The molecular formula is C17H25ClFN3O2. The van der Waals surface area contributed by atoms with Crippen LogP contribution in [0.2, 0.25) is 5.02 Å². The molecule has 134 valence electrons. The summed E-state index contributed by atoms with van der Waals surface area (Å²) in [6.45, 7) is 7.59. The molecular weight excluding hydrogens is 333 g/mol. The quantitative estimate of drug-likeness (QED) is 0.697. The number of nitrogens with one attached hydrogen (secondary N) is 2. The Labute approximate surface area is 147 Å². The van der Waals surface area contributed by atoms with Crippen LogP contribution in [0.5, 0.6) is 0 Å². The zero-order valence-electron chi connectivity index (χ0n) is 14.5. The highest BCUT2D eigenvalue weighted by molar-refractivity contribution is 6.31. The molecule has 2 amide bonds. The highest BCUT2D eigenvalue weighted by Gasteiger charge is 2.24. The predicted molar refractivity (Wildman–Crippen MR) is 93.3 cm³/mol. The van der Waals surface area contributed by atoms with Gasteiger partial charge in [-0.2, -0.15) is 0 Å². The van der Waals surface area contributed by atoms with Gasteiger partial charge in [-0.05, 0) is 23.6 Å². The maximum absolute atomic E-state index is 13.1. The maximum atomic E-state index is 13.1. The first-order valence-corrected chi connectivity index (χ1v) is 8.18. The van der Waals surface area contributed by atoms with Gasteiger partial charge in [0.1, 0.15) is 5.82 Å². The van der Waals surface area contributed by atoms with Crippen LogP contribution in [0.1, 0.15) is 33.3 Å². The van der Waals surface area contributed by atoms with Gasteiger partial charge in [-0.1, -0.05) is 45.4 Å². The Morgan fingerprint density at radius 2 is 1.92 bits per heavy atom. The molecule has 5 nitrogen and oxygen atoms in total. The van der Waals surface area contributed by atoms with Gasteiger partial charge in [0, 0.05) is 17.0 Å². The summed E-state index contributed by atoms with van der Waals surface area (Å²) < 4.78 is 13.1. The lowest BCUT2D eigenvalue weighted by Crippen LogP contribution is -2.48. The second-order valence-corrected chi connectivity index (χ2v) is 7.18. The van der Waals surface area contributed by atoms with Crippen LogP contribution in [0, 0.1) is 11.7 Å². The predicted octanol–water partition coefficient (Wildman–Crippen LogP) is 1.97. The first kappa shape index (κ1) is 20.4. The standard InChI is InChI=1S/C17H25ClFN3O2/c1-10(2)15(20)16(24)21-8-14(23)22-9-17(3,4)12-6-5-11(19)7-13(12)18/h5-7,10,15H,8-9,20H2,1-4H3,(H,21,24)(H,22,23)/t15-/m0/s1. The molecule has 0 aliphatic heterocycles. The van der Waals surface area contributed by atoms with Crippen molar-refractivity contribution in [2.75, 3.05) is 13.1 Å². The number of halogens is 2. The molecule has 0 aliphatic rings. The number of amides is 2. The van der Waals surface area contributed by atoms with E-state index in [4.69, 9.17) is 17.3 Å². The largest absolute Gasteiger partial charge is 0.354 e. The summed E-state index contributed by atoms with van der Waals surface area (Å²) in [6.07, 6.45) is 0. The summed E-state index contributed by atoms with van der Waals surface area (Å²) >= 11 is 6.07. The zero-order valence-corrected chi connectivity index (χ0v) is 15.2. The van der Waals surface area contributed by atoms with Crippen LogP contribution in [-0.2, 0) is 15.0 Å². The molecule has 0 saturated carbocycles. The van der Waals surface area contributed by atoms with Gasteiger partial charge in [0.2, 0.25) is 11.8 Å². The second kappa shape index (κ2) is 8.44. The summed E-state index contributed by atoms with van der Waals surface area (Å²) in [5.74, 6) is -1.10. The van der Waals surface area contributed by atoms with E-state index in [0.29, 0.717) is 11.6 Å². The Balaban J connectivity index is 2.55. The minimum atomic E-state index is -0.646. The number of carbonyl (C=O) groups is 2. The van der Waals surface area contributed by atoms with Crippen molar-refractivity contribution in [1.82, 2.24) is 10.6 Å². The van der Waals surface area contributed by atoms with Crippen LogP contribution in [0.3, 0.4) is 0 Å². The number of rotatable bonds is 7. The molecule has 0 unspecified atom stereocenters. The first-order valence-electron chi connectivity index (χ1n) is 7.80. The normalized spacial score (nSPS) is 12.8. The van der Waals surface area contributed by atoms with Gasteiger partial charge in [-0.3, -0.25) is 9.59 Å². The lowest BCUT2D eigenvalue weighted by molar-refractivity contribution is -0.127. The molecule has 0 aliphatic carbocycles. The molecule has 1 rings (SSSR count). The van der Waals surface area contributed by atoms with Gasteiger partial charge >= 0.3 is 0 Å². The molecule has 24 heavy (non-hydrogen) atoms. The number of hydrogen-bond acceptors (Lipinski definition) is 3. The highest BCUT2D eigenvalue weighted by atomic mass is 35.5. The fourth-order valence-corrected chi connectivity index (χ4v) is 2.53. The van der Waals surface area contributed by atoms with E-state index in [0.717, 1.165) is 5.56 Å². The van der Waals surface area contributed by atoms with Crippen molar-refractivity contribution in [3.8, 4) is 0 Å². The van der Waals surface area contributed by atoms with E-state index in [1.807, 2.05) is 27.7 Å². The van der Waals surface area contributed by atoms with Gasteiger partial charge in [0.25, 0.3) is 0 Å². The van der Waals surface area contributed by atoms with Crippen molar-refractivity contribution in [2.24, 2.45) is 11.7 Å². The Morgan fingerprint density at radius 3 is 2.46 bits per heavy atom. The maximum Gasteiger partial charge on any atom is 0.239 e. The van der Waals surface area contributed by atoms with Gasteiger partial charge < -0.3 is 16.4 Å². The molecule has 0 aromatic heterocycles. The van der Waals surface area contributed by atoms with Gasteiger partial charge in [-0.15, -0.1) is 0 Å². The van der Waals surface area contributed by atoms with E-state index < -0.39 is 17.3 Å². The molecule has 4 N–H and O–H groups in total. The van der Waals surface area contributed by atoms with Gasteiger partial charge in [-0.25, -0.2) is 4.39 Å². The number of carbonyl (C=O) groups excluding carboxylic acids is 2. The number of nitrogens with two attached hydrogens (primary N) is 1. The van der Waals surface area contributed by atoms with Crippen molar-refractivity contribution in [2.45, 2.75) is 39.2 Å². The molecule has 0 saturated heterocycles. The highest BCUT2D eigenvalue weighted by Crippen LogP contribution is 2.29. The van der Waals surface area contributed by atoms with E-state index in [2.05, 4.69) is 10.6 Å². The average molecular weight is 358 g/mol.